The van der Waals surface area contributed by atoms with Crippen molar-refractivity contribution < 1.29 is 14.6 Å². The van der Waals surface area contributed by atoms with Crippen LogP contribution in [0.1, 0.15) is 40.5 Å². The summed E-state index contributed by atoms with van der Waals surface area (Å²) in [6.45, 7) is 7.83. The van der Waals surface area contributed by atoms with Gasteiger partial charge in [0.05, 0.1) is 18.6 Å². The normalized spacial score (nSPS) is 15.5. The Morgan fingerprint density at radius 3 is 2.46 bits per heavy atom. The van der Waals surface area contributed by atoms with Crippen LogP contribution in [-0.2, 0) is 9.53 Å². The van der Waals surface area contributed by atoms with Gasteiger partial charge in [0, 0.05) is 0 Å². The largest absolute Gasteiger partial charge is 0.466 e. The van der Waals surface area contributed by atoms with Crippen LogP contribution in [-0.4, -0.2) is 23.3 Å². The maximum atomic E-state index is 11.1. The molecule has 0 aliphatic carbocycles. The molecule has 0 aromatic heterocycles. The maximum absolute atomic E-state index is 11.1. The van der Waals surface area contributed by atoms with Crippen molar-refractivity contribution >= 4 is 5.97 Å². The van der Waals surface area contributed by atoms with E-state index in [1.165, 1.54) is 0 Å². The quantitative estimate of drug-likeness (QED) is 0.668. The average molecular weight is 188 g/mol. The fraction of sp³-hybridized carbons (Fsp3) is 0.900. The molecule has 13 heavy (non-hydrogen) atoms. The first-order valence-corrected chi connectivity index (χ1v) is 4.75. The van der Waals surface area contributed by atoms with Crippen molar-refractivity contribution in [2.75, 3.05) is 6.61 Å². The van der Waals surface area contributed by atoms with Crippen molar-refractivity contribution in [3.8, 4) is 0 Å². The summed E-state index contributed by atoms with van der Waals surface area (Å²) in [7, 11) is 0. The summed E-state index contributed by atoms with van der Waals surface area (Å²) in [6, 6.07) is 0. The van der Waals surface area contributed by atoms with Crippen LogP contribution in [0.3, 0.4) is 0 Å². The summed E-state index contributed by atoms with van der Waals surface area (Å²) < 4.78 is 4.76. The highest BCUT2D eigenvalue weighted by atomic mass is 16.5. The molecular formula is C10H20O3. The van der Waals surface area contributed by atoms with Gasteiger partial charge in [0.25, 0.3) is 0 Å². The summed E-state index contributed by atoms with van der Waals surface area (Å²) in [4.78, 5) is 11.1. The second-order valence-corrected chi connectivity index (χ2v) is 4.08. The van der Waals surface area contributed by atoms with Crippen molar-refractivity contribution in [1.29, 1.82) is 0 Å². The summed E-state index contributed by atoms with van der Waals surface area (Å²) in [5, 5.41) is 9.78. The van der Waals surface area contributed by atoms with E-state index in [0.717, 1.165) is 0 Å². The lowest BCUT2D eigenvalue weighted by Crippen LogP contribution is -2.30. The zero-order valence-electron chi connectivity index (χ0n) is 8.96. The summed E-state index contributed by atoms with van der Waals surface area (Å²) >= 11 is 0. The Morgan fingerprint density at radius 1 is 1.54 bits per heavy atom. The molecule has 0 saturated heterocycles. The number of ether oxygens (including phenoxy) is 1. The zero-order valence-corrected chi connectivity index (χ0v) is 8.96. The fourth-order valence-electron chi connectivity index (χ4n) is 1.47. The van der Waals surface area contributed by atoms with Crippen molar-refractivity contribution in [2.45, 2.75) is 46.1 Å². The molecule has 1 atom stereocenters. The monoisotopic (exact) mass is 188 g/mol. The molecule has 0 aromatic rings. The molecule has 0 fully saturated rings. The Morgan fingerprint density at radius 2 is 2.08 bits per heavy atom. The number of carbonyl (C=O) groups is 1. The number of aliphatic hydroxyl groups is 1. The first kappa shape index (κ1) is 12.4. The topological polar surface area (TPSA) is 46.5 Å². The van der Waals surface area contributed by atoms with E-state index in [1.807, 2.05) is 13.8 Å². The number of rotatable bonds is 5. The number of hydrogen-bond donors (Lipinski definition) is 1. The van der Waals surface area contributed by atoms with E-state index >= 15 is 0 Å². The van der Waals surface area contributed by atoms with E-state index in [2.05, 4.69) is 0 Å². The molecular weight excluding hydrogens is 168 g/mol. The van der Waals surface area contributed by atoms with Gasteiger partial charge >= 0.3 is 5.97 Å². The van der Waals surface area contributed by atoms with Crippen LogP contribution in [0.15, 0.2) is 0 Å². The van der Waals surface area contributed by atoms with Gasteiger partial charge in [-0.2, -0.15) is 0 Å². The van der Waals surface area contributed by atoms with Crippen LogP contribution in [0.2, 0.25) is 0 Å². The zero-order chi connectivity index (χ0) is 10.5. The molecule has 0 saturated carbocycles. The minimum atomic E-state index is -0.930. The van der Waals surface area contributed by atoms with E-state index < -0.39 is 5.60 Å². The van der Waals surface area contributed by atoms with Gasteiger partial charge < -0.3 is 9.84 Å². The first-order valence-electron chi connectivity index (χ1n) is 4.75. The average Bonchev–Trinajstić information content (AvgIpc) is 1.81. The molecule has 0 bridgehead atoms. The Balaban J connectivity index is 3.93. The molecule has 0 heterocycles. The Labute approximate surface area is 80.1 Å². The molecule has 0 aromatic carbocycles. The van der Waals surface area contributed by atoms with Crippen molar-refractivity contribution in [3.63, 3.8) is 0 Å². The SMILES string of the molecule is CCOC(=O)CC(C)(O)CC(C)C. The predicted octanol–water partition coefficient (Wildman–Crippen LogP) is 1.74. The van der Waals surface area contributed by atoms with Crippen LogP contribution in [0.25, 0.3) is 0 Å². The molecule has 0 aliphatic heterocycles. The number of esters is 1. The number of carbonyl (C=O) groups excluding carboxylic acids is 1. The molecule has 3 nitrogen and oxygen atoms in total. The Kier molecular flexibility index (Phi) is 4.99. The highest BCUT2D eigenvalue weighted by molar-refractivity contribution is 5.70. The highest BCUT2D eigenvalue weighted by Crippen LogP contribution is 2.20. The van der Waals surface area contributed by atoms with Gasteiger partial charge in [-0.3, -0.25) is 4.79 Å². The first-order chi connectivity index (χ1) is 5.87. The second kappa shape index (κ2) is 5.22. The lowest BCUT2D eigenvalue weighted by molar-refractivity contribution is -0.148. The third-order valence-electron chi connectivity index (χ3n) is 1.68. The predicted molar refractivity (Wildman–Crippen MR) is 51.3 cm³/mol. The fourth-order valence-corrected chi connectivity index (χ4v) is 1.47. The van der Waals surface area contributed by atoms with E-state index in [1.54, 1.807) is 13.8 Å². The Bertz CT molecular complexity index is 162. The Hall–Kier alpha value is -0.570. The smallest absolute Gasteiger partial charge is 0.308 e. The van der Waals surface area contributed by atoms with Gasteiger partial charge in [0.2, 0.25) is 0 Å². The molecule has 1 N–H and O–H groups in total. The molecule has 0 aliphatic rings. The minimum Gasteiger partial charge on any atom is -0.466 e. The molecule has 0 amide bonds. The van der Waals surface area contributed by atoms with E-state index in [9.17, 15) is 9.90 Å². The molecule has 0 rings (SSSR count). The van der Waals surface area contributed by atoms with Gasteiger partial charge in [0.15, 0.2) is 0 Å². The van der Waals surface area contributed by atoms with E-state index in [4.69, 9.17) is 4.74 Å². The van der Waals surface area contributed by atoms with Crippen molar-refractivity contribution in [2.24, 2.45) is 5.92 Å². The van der Waals surface area contributed by atoms with Crippen LogP contribution in [0.5, 0.6) is 0 Å². The molecule has 3 heteroatoms. The third-order valence-corrected chi connectivity index (χ3v) is 1.68. The van der Waals surface area contributed by atoms with Crippen LogP contribution < -0.4 is 0 Å². The summed E-state index contributed by atoms with van der Waals surface area (Å²) in [6.07, 6.45) is 0.699. The van der Waals surface area contributed by atoms with Crippen molar-refractivity contribution in [3.05, 3.63) is 0 Å². The molecule has 0 radical (unpaired) electrons. The highest BCUT2D eigenvalue weighted by Gasteiger charge is 2.25. The molecule has 1 unspecified atom stereocenters. The lowest BCUT2D eigenvalue weighted by atomic mass is 9.91. The van der Waals surface area contributed by atoms with Crippen molar-refractivity contribution in [1.82, 2.24) is 0 Å². The minimum absolute atomic E-state index is 0.0824. The van der Waals surface area contributed by atoms with Gasteiger partial charge in [-0.25, -0.2) is 0 Å². The third kappa shape index (κ3) is 6.58. The molecule has 0 spiro atoms. The van der Waals surface area contributed by atoms with Gasteiger partial charge in [-0.05, 0) is 26.2 Å². The second-order valence-electron chi connectivity index (χ2n) is 4.08. The standard InChI is InChI=1S/C10H20O3/c1-5-13-9(11)7-10(4,12)6-8(2)3/h8,12H,5-7H2,1-4H3. The van der Waals surface area contributed by atoms with Gasteiger partial charge in [0.1, 0.15) is 0 Å². The van der Waals surface area contributed by atoms with E-state index in [-0.39, 0.29) is 12.4 Å². The van der Waals surface area contributed by atoms with Crippen LogP contribution >= 0.6 is 0 Å². The van der Waals surface area contributed by atoms with E-state index in [0.29, 0.717) is 18.9 Å². The summed E-state index contributed by atoms with van der Waals surface area (Å²) in [5.74, 6) is 0.0533. The van der Waals surface area contributed by atoms with Crippen LogP contribution in [0, 0.1) is 5.92 Å². The lowest BCUT2D eigenvalue weighted by Gasteiger charge is -2.23. The van der Waals surface area contributed by atoms with Gasteiger partial charge in [-0.1, -0.05) is 13.8 Å². The number of hydrogen-bond acceptors (Lipinski definition) is 3. The maximum Gasteiger partial charge on any atom is 0.308 e. The molecule has 78 valence electrons. The van der Waals surface area contributed by atoms with Gasteiger partial charge in [-0.15, -0.1) is 0 Å². The summed E-state index contributed by atoms with van der Waals surface area (Å²) in [5.41, 5.74) is -0.930. The van der Waals surface area contributed by atoms with Crippen LogP contribution in [0.4, 0.5) is 0 Å².